The van der Waals surface area contributed by atoms with Gasteiger partial charge in [-0.2, -0.15) is 0 Å². The molecule has 5 rings (SSSR count). The van der Waals surface area contributed by atoms with Gasteiger partial charge in [-0.1, -0.05) is 36.4 Å². The molecule has 0 aliphatic carbocycles. The summed E-state index contributed by atoms with van der Waals surface area (Å²) in [6.07, 6.45) is 3.40. The molecule has 0 spiro atoms. The first-order chi connectivity index (χ1) is 13.3. The number of aromatic nitrogens is 2. The van der Waals surface area contributed by atoms with Crippen molar-refractivity contribution in [3.05, 3.63) is 66.4 Å². The number of piperidine rings is 1. The van der Waals surface area contributed by atoms with Gasteiger partial charge < -0.3 is 9.88 Å². The van der Waals surface area contributed by atoms with Gasteiger partial charge in [-0.25, -0.2) is 4.98 Å². The molecule has 0 radical (unpaired) electrons. The molecule has 1 fully saturated rings. The van der Waals surface area contributed by atoms with Crippen molar-refractivity contribution in [3.63, 3.8) is 0 Å². The Bertz CT molecular complexity index is 1140. The fourth-order valence-electron chi connectivity index (χ4n) is 3.90. The minimum atomic E-state index is 0.0833. The molecule has 1 amide bonds. The summed E-state index contributed by atoms with van der Waals surface area (Å²) in [7, 11) is 0. The number of aromatic amines is 1. The SMILES string of the molecule is O=C(c1cc2nc(-c3ccc4ccccc4c3)ccc2[nH]1)N1CCCCC1. The quantitative estimate of drug-likeness (QED) is 0.549. The van der Waals surface area contributed by atoms with Crippen LogP contribution in [0.1, 0.15) is 29.8 Å². The normalized spacial score (nSPS) is 14.7. The minimum absolute atomic E-state index is 0.0833. The third kappa shape index (κ3) is 2.97. The van der Waals surface area contributed by atoms with Crippen molar-refractivity contribution in [2.75, 3.05) is 13.1 Å². The zero-order chi connectivity index (χ0) is 18.2. The zero-order valence-electron chi connectivity index (χ0n) is 15.1. The molecular formula is C23H21N3O. The molecule has 4 heteroatoms. The van der Waals surface area contributed by atoms with E-state index in [2.05, 4.69) is 35.3 Å². The molecule has 2 aromatic heterocycles. The summed E-state index contributed by atoms with van der Waals surface area (Å²) < 4.78 is 0. The topological polar surface area (TPSA) is 49.0 Å². The maximum absolute atomic E-state index is 12.7. The van der Waals surface area contributed by atoms with E-state index in [-0.39, 0.29) is 5.91 Å². The lowest BCUT2D eigenvalue weighted by molar-refractivity contribution is 0.0719. The number of carbonyl (C=O) groups is 1. The standard InChI is InChI=1S/C23H21N3O/c27-23(26-12-4-1-5-13-26)22-15-21-20(25-22)11-10-19(24-21)18-9-8-16-6-2-3-7-17(16)14-18/h2-3,6-11,14-15,25H,1,4-5,12-13H2. The second-order valence-electron chi connectivity index (χ2n) is 7.23. The number of benzene rings is 2. The highest BCUT2D eigenvalue weighted by Crippen LogP contribution is 2.25. The Kier molecular flexibility index (Phi) is 3.89. The summed E-state index contributed by atoms with van der Waals surface area (Å²) in [6, 6.07) is 20.6. The van der Waals surface area contributed by atoms with Gasteiger partial charge in [-0.3, -0.25) is 4.79 Å². The second-order valence-corrected chi connectivity index (χ2v) is 7.23. The van der Waals surface area contributed by atoms with Crippen LogP contribution in [0, 0.1) is 0 Å². The van der Waals surface area contributed by atoms with E-state index in [0.717, 1.165) is 48.2 Å². The molecule has 4 nitrogen and oxygen atoms in total. The van der Waals surface area contributed by atoms with Crippen molar-refractivity contribution < 1.29 is 4.79 Å². The van der Waals surface area contributed by atoms with Crippen LogP contribution in [0.3, 0.4) is 0 Å². The lowest BCUT2D eigenvalue weighted by Crippen LogP contribution is -2.35. The first kappa shape index (κ1) is 16.1. The number of rotatable bonds is 2. The Hall–Kier alpha value is -3.14. The molecule has 2 aromatic carbocycles. The smallest absolute Gasteiger partial charge is 0.270 e. The molecule has 3 heterocycles. The third-order valence-electron chi connectivity index (χ3n) is 5.39. The Labute approximate surface area is 157 Å². The van der Waals surface area contributed by atoms with E-state index in [1.807, 2.05) is 35.2 Å². The van der Waals surface area contributed by atoms with Gasteiger partial charge in [-0.15, -0.1) is 0 Å². The molecule has 0 atom stereocenters. The van der Waals surface area contributed by atoms with E-state index in [9.17, 15) is 4.79 Å². The summed E-state index contributed by atoms with van der Waals surface area (Å²) in [5, 5.41) is 2.42. The van der Waals surface area contributed by atoms with Crippen molar-refractivity contribution in [1.82, 2.24) is 14.9 Å². The molecule has 4 aromatic rings. The molecule has 1 N–H and O–H groups in total. The summed E-state index contributed by atoms with van der Waals surface area (Å²) in [4.78, 5) is 22.7. The Balaban J connectivity index is 1.50. The summed E-state index contributed by atoms with van der Waals surface area (Å²) >= 11 is 0. The molecule has 0 saturated carbocycles. The van der Waals surface area contributed by atoms with Crippen LogP contribution in [-0.2, 0) is 0 Å². The van der Waals surface area contributed by atoms with E-state index in [0.29, 0.717) is 5.69 Å². The monoisotopic (exact) mass is 355 g/mol. The molecular weight excluding hydrogens is 334 g/mol. The number of carbonyl (C=O) groups excluding carboxylic acids is 1. The summed E-state index contributed by atoms with van der Waals surface area (Å²) in [5.74, 6) is 0.0833. The predicted octanol–water partition coefficient (Wildman–Crippen LogP) is 5.01. The van der Waals surface area contributed by atoms with Crippen molar-refractivity contribution >= 4 is 27.7 Å². The fourth-order valence-corrected chi connectivity index (χ4v) is 3.90. The lowest BCUT2D eigenvalue weighted by Gasteiger charge is -2.26. The van der Waals surface area contributed by atoms with Crippen molar-refractivity contribution in [2.24, 2.45) is 0 Å². The molecule has 1 aliphatic heterocycles. The van der Waals surface area contributed by atoms with Crippen LogP contribution in [0.2, 0.25) is 0 Å². The van der Waals surface area contributed by atoms with Gasteiger partial charge in [0.1, 0.15) is 5.69 Å². The van der Waals surface area contributed by atoms with E-state index < -0.39 is 0 Å². The molecule has 1 aliphatic rings. The Morgan fingerprint density at radius 3 is 2.56 bits per heavy atom. The van der Waals surface area contributed by atoms with Crippen LogP contribution in [0.5, 0.6) is 0 Å². The van der Waals surface area contributed by atoms with Gasteiger partial charge >= 0.3 is 0 Å². The largest absolute Gasteiger partial charge is 0.349 e. The van der Waals surface area contributed by atoms with Gasteiger partial charge in [0.2, 0.25) is 0 Å². The second kappa shape index (κ2) is 6.54. The van der Waals surface area contributed by atoms with Crippen LogP contribution in [0.15, 0.2) is 60.7 Å². The Morgan fingerprint density at radius 1 is 0.889 bits per heavy atom. The first-order valence-electron chi connectivity index (χ1n) is 9.56. The molecule has 1 saturated heterocycles. The highest BCUT2D eigenvalue weighted by Gasteiger charge is 2.20. The van der Waals surface area contributed by atoms with Crippen molar-refractivity contribution in [3.8, 4) is 11.3 Å². The number of nitrogens with one attached hydrogen (secondary N) is 1. The van der Waals surface area contributed by atoms with Crippen LogP contribution >= 0.6 is 0 Å². The van der Waals surface area contributed by atoms with Gasteiger partial charge in [0.05, 0.1) is 16.7 Å². The van der Waals surface area contributed by atoms with Crippen LogP contribution in [-0.4, -0.2) is 33.9 Å². The fraction of sp³-hybridized carbons (Fsp3) is 0.217. The van der Waals surface area contributed by atoms with E-state index >= 15 is 0 Å². The number of likely N-dealkylation sites (tertiary alicyclic amines) is 1. The van der Waals surface area contributed by atoms with E-state index in [1.54, 1.807) is 0 Å². The number of hydrogen-bond acceptors (Lipinski definition) is 2. The lowest BCUT2D eigenvalue weighted by atomic mass is 10.0. The Morgan fingerprint density at radius 2 is 1.70 bits per heavy atom. The van der Waals surface area contributed by atoms with Gasteiger partial charge in [0, 0.05) is 18.7 Å². The highest BCUT2D eigenvalue weighted by molar-refractivity contribution is 5.97. The van der Waals surface area contributed by atoms with Gasteiger partial charge in [-0.05, 0) is 54.3 Å². The average Bonchev–Trinajstić information content (AvgIpc) is 3.17. The van der Waals surface area contributed by atoms with E-state index in [1.165, 1.54) is 17.2 Å². The summed E-state index contributed by atoms with van der Waals surface area (Å²) in [5.41, 5.74) is 4.38. The van der Waals surface area contributed by atoms with Crippen LogP contribution < -0.4 is 0 Å². The molecule has 134 valence electrons. The maximum atomic E-state index is 12.7. The highest BCUT2D eigenvalue weighted by atomic mass is 16.2. The van der Waals surface area contributed by atoms with Crippen LogP contribution in [0.4, 0.5) is 0 Å². The van der Waals surface area contributed by atoms with Crippen molar-refractivity contribution in [2.45, 2.75) is 19.3 Å². The third-order valence-corrected chi connectivity index (χ3v) is 5.39. The average molecular weight is 355 g/mol. The van der Waals surface area contributed by atoms with Gasteiger partial charge in [0.15, 0.2) is 0 Å². The van der Waals surface area contributed by atoms with Crippen LogP contribution in [0.25, 0.3) is 33.1 Å². The number of fused-ring (bicyclic) bond motifs is 2. The predicted molar refractivity (Wildman–Crippen MR) is 109 cm³/mol. The minimum Gasteiger partial charge on any atom is -0.349 e. The van der Waals surface area contributed by atoms with Gasteiger partial charge in [0.25, 0.3) is 5.91 Å². The first-order valence-corrected chi connectivity index (χ1v) is 9.56. The number of pyridine rings is 1. The van der Waals surface area contributed by atoms with E-state index in [4.69, 9.17) is 4.98 Å². The molecule has 0 bridgehead atoms. The maximum Gasteiger partial charge on any atom is 0.270 e. The number of amides is 1. The number of nitrogens with zero attached hydrogens (tertiary/aromatic N) is 2. The number of hydrogen-bond donors (Lipinski definition) is 1. The van der Waals surface area contributed by atoms with Crippen molar-refractivity contribution in [1.29, 1.82) is 0 Å². The summed E-state index contributed by atoms with van der Waals surface area (Å²) in [6.45, 7) is 1.70. The number of H-pyrrole nitrogens is 1. The zero-order valence-corrected chi connectivity index (χ0v) is 15.1. The molecule has 0 unspecified atom stereocenters. The molecule has 27 heavy (non-hydrogen) atoms.